The number of ether oxygens (including phenoxy) is 1. The highest BCUT2D eigenvalue weighted by molar-refractivity contribution is 5.89. The summed E-state index contributed by atoms with van der Waals surface area (Å²) in [5.74, 6) is -2.29. The van der Waals surface area contributed by atoms with E-state index in [1.165, 1.54) is 0 Å². The molecule has 0 aliphatic rings. The van der Waals surface area contributed by atoms with Gasteiger partial charge in [-0.3, -0.25) is 9.59 Å². The molecule has 1 rings (SSSR count). The molecule has 7 heteroatoms. The van der Waals surface area contributed by atoms with Crippen LogP contribution in [0.3, 0.4) is 0 Å². The number of carbonyl (C=O) groups is 3. The number of carbonyl (C=O) groups excluding carboxylic acids is 1. The molecule has 0 aliphatic heterocycles. The Kier molecular flexibility index (Phi) is 8.43. The number of esters is 1. The Labute approximate surface area is 159 Å². The van der Waals surface area contributed by atoms with Gasteiger partial charge in [0.05, 0.1) is 5.56 Å². The van der Waals surface area contributed by atoms with Gasteiger partial charge in [-0.25, -0.2) is 4.79 Å². The summed E-state index contributed by atoms with van der Waals surface area (Å²) in [5.41, 5.74) is 0.614. The summed E-state index contributed by atoms with van der Waals surface area (Å²) in [6.07, 6.45) is 0.899. The fraction of sp³-hybridized carbons (Fsp3) is 0.550. The van der Waals surface area contributed by atoms with Crippen molar-refractivity contribution in [3.05, 3.63) is 35.4 Å². The van der Waals surface area contributed by atoms with Crippen molar-refractivity contribution in [3.63, 3.8) is 0 Å². The number of aliphatic carboxylic acids is 2. The topological polar surface area (TPSA) is 113 Å². The average molecular weight is 379 g/mol. The van der Waals surface area contributed by atoms with Gasteiger partial charge >= 0.3 is 17.9 Å². The summed E-state index contributed by atoms with van der Waals surface area (Å²) < 4.78 is 5.30. The second-order valence-corrected chi connectivity index (χ2v) is 7.74. The third-order valence-corrected chi connectivity index (χ3v) is 3.88. The van der Waals surface area contributed by atoms with Gasteiger partial charge in [-0.1, -0.05) is 19.1 Å². The Bertz CT molecular complexity index is 647. The molecule has 0 heterocycles. The van der Waals surface area contributed by atoms with E-state index in [1.54, 1.807) is 45.0 Å². The number of hydrogen-bond donors (Lipinski definition) is 3. The molecule has 2 unspecified atom stereocenters. The second-order valence-electron chi connectivity index (χ2n) is 7.74. The Balaban J connectivity index is 2.61. The molecule has 27 heavy (non-hydrogen) atoms. The first kappa shape index (κ1) is 22.6. The Morgan fingerprint density at radius 3 is 2.19 bits per heavy atom. The van der Waals surface area contributed by atoms with Gasteiger partial charge in [-0.05, 0) is 63.8 Å². The van der Waals surface area contributed by atoms with Crippen LogP contribution in [-0.4, -0.2) is 46.3 Å². The lowest BCUT2D eigenvalue weighted by Crippen LogP contribution is -2.39. The van der Waals surface area contributed by atoms with Crippen molar-refractivity contribution >= 4 is 17.9 Å². The van der Waals surface area contributed by atoms with Crippen molar-refractivity contribution in [1.82, 2.24) is 5.32 Å². The summed E-state index contributed by atoms with van der Waals surface area (Å²) >= 11 is 0. The van der Waals surface area contributed by atoms with Crippen molar-refractivity contribution in [1.29, 1.82) is 0 Å². The molecule has 0 spiro atoms. The van der Waals surface area contributed by atoms with Crippen molar-refractivity contribution < 1.29 is 29.3 Å². The number of carboxylic acid groups (broad SMARTS) is 2. The number of rotatable bonds is 10. The Hall–Kier alpha value is -2.41. The molecule has 150 valence electrons. The van der Waals surface area contributed by atoms with E-state index in [0.717, 1.165) is 5.56 Å². The van der Waals surface area contributed by atoms with E-state index in [9.17, 15) is 19.5 Å². The molecule has 0 saturated carbocycles. The minimum Gasteiger partial charge on any atom is -0.481 e. The van der Waals surface area contributed by atoms with Crippen LogP contribution in [-0.2, 0) is 20.7 Å². The highest BCUT2D eigenvalue weighted by Crippen LogP contribution is 2.14. The first-order chi connectivity index (χ1) is 12.5. The van der Waals surface area contributed by atoms with Crippen LogP contribution >= 0.6 is 0 Å². The minimum absolute atomic E-state index is 0.0300. The van der Waals surface area contributed by atoms with Gasteiger partial charge in [0.15, 0.2) is 0 Å². The van der Waals surface area contributed by atoms with E-state index < -0.39 is 29.6 Å². The van der Waals surface area contributed by atoms with Crippen LogP contribution in [0, 0.1) is 5.92 Å². The van der Waals surface area contributed by atoms with Gasteiger partial charge in [0.2, 0.25) is 0 Å². The maximum absolute atomic E-state index is 12.0. The summed E-state index contributed by atoms with van der Waals surface area (Å²) in [5, 5.41) is 21.1. The lowest BCUT2D eigenvalue weighted by Gasteiger charge is -2.19. The van der Waals surface area contributed by atoms with Gasteiger partial charge in [-0.2, -0.15) is 0 Å². The average Bonchev–Trinajstić information content (AvgIpc) is 2.52. The molecule has 0 aromatic heterocycles. The predicted molar refractivity (Wildman–Crippen MR) is 101 cm³/mol. The van der Waals surface area contributed by atoms with Crippen LogP contribution in [0.15, 0.2) is 24.3 Å². The summed E-state index contributed by atoms with van der Waals surface area (Å²) in [4.78, 5) is 34.1. The molecular weight excluding hydrogens is 350 g/mol. The third-order valence-electron chi connectivity index (χ3n) is 3.88. The van der Waals surface area contributed by atoms with Gasteiger partial charge in [-0.15, -0.1) is 0 Å². The zero-order chi connectivity index (χ0) is 20.6. The van der Waals surface area contributed by atoms with Crippen LogP contribution in [0.2, 0.25) is 0 Å². The van der Waals surface area contributed by atoms with Crippen molar-refractivity contribution in [2.45, 2.75) is 58.6 Å². The van der Waals surface area contributed by atoms with Crippen molar-refractivity contribution in [2.24, 2.45) is 5.92 Å². The van der Waals surface area contributed by atoms with Gasteiger partial charge < -0.3 is 20.3 Å². The summed E-state index contributed by atoms with van der Waals surface area (Å²) in [7, 11) is 0. The maximum atomic E-state index is 12.0. The normalized spacial score (nSPS) is 13.6. The number of benzene rings is 1. The lowest BCUT2D eigenvalue weighted by atomic mass is 10.0. The van der Waals surface area contributed by atoms with E-state index in [-0.39, 0.29) is 18.8 Å². The highest BCUT2D eigenvalue weighted by atomic mass is 16.6. The number of hydrogen-bond acceptors (Lipinski definition) is 5. The Morgan fingerprint density at radius 1 is 1.11 bits per heavy atom. The predicted octanol–water partition coefficient (Wildman–Crippen LogP) is 2.73. The van der Waals surface area contributed by atoms with Crippen LogP contribution in [0.5, 0.6) is 0 Å². The third kappa shape index (κ3) is 9.19. The molecule has 0 fully saturated rings. The molecule has 2 atom stereocenters. The first-order valence-electron chi connectivity index (χ1n) is 8.98. The van der Waals surface area contributed by atoms with Crippen LogP contribution in [0.25, 0.3) is 0 Å². The van der Waals surface area contributed by atoms with Crippen LogP contribution < -0.4 is 5.32 Å². The molecule has 0 saturated heterocycles. The Morgan fingerprint density at radius 2 is 1.70 bits per heavy atom. The molecule has 0 aliphatic carbocycles. The number of carboxylic acids is 2. The summed E-state index contributed by atoms with van der Waals surface area (Å²) in [6.45, 7) is 7.61. The minimum atomic E-state index is -0.975. The highest BCUT2D eigenvalue weighted by Gasteiger charge is 2.20. The SMILES string of the molecule is CC(CCNC(Cc1ccc(C(=O)OC(C)(C)C)cc1)C(=O)O)CC(=O)O. The van der Waals surface area contributed by atoms with Crippen molar-refractivity contribution in [2.75, 3.05) is 6.54 Å². The monoisotopic (exact) mass is 379 g/mol. The fourth-order valence-electron chi connectivity index (χ4n) is 2.50. The zero-order valence-electron chi connectivity index (χ0n) is 16.3. The molecule has 3 N–H and O–H groups in total. The number of nitrogens with one attached hydrogen (secondary N) is 1. The second kappa shape index (κ2) is 10.1. The van der Waals surface area contributed by atoms with E-state index in [4.69, 9.17) is 9.84 Å². The molecule has 0 amide bonds. The summed E-state index contributed by atoms with van der Waals surface area (Å²) in [6, 6.07) is 5.89. The van der Waals surface area contributed by atoms with E-state index in [0.29, 0.717) is 18.5 Å². The van der Waals surface area contributed by atoms with E-state index in [2.05, 4.69) is 5.32 Å². The molecule has 1 aromatic rings. The molecule has 7 nitrogen and oxygen atoms in total. The lowest BCUT2D eigenvalue weighted by molar-refractivity contribution is -0.140. The molecule has 0 bridgehead atoms. The quantitative estimate of drug-likeness (QED) is 0.536. The molecular formula is C20H29NO6. The van der Waals surface area contributed by atoms with Gasteiger partial charge in [0, 0.05) is 6.42 Å². The first-order valence-corrected chi connectivity index (χ1v) is 8.98. The van der Waals surface area contributed by atoms with Crippen LogP contribution in [0.1, 0.15) is 56.5 Å². The fourth-order valence-corrected chi connectivity index (χ4v) is 2.50. The largest absolute Gasteiger partial charge is 0.481 e. The standard InChI is InChI=1S/C20H29NO6/c1-13(11-17(22)23)9-10-21-16(18(24)25)12-14-5-7-15(8-6-14)19(26)27-20(2,3)4/h5-8,13,16,21H,9-12H2,1-4H3,(H,22,23)(H,24,25). The van der Waals surface area contributed by atoms with Gasteiger partial charge in [0.25, 0.3) is 0 Å². The zero-order valence-corrected chi connectivity index (χ0v) is 16.3. The van der Waals surface area contributed by atoms with Gasteiger partial charge in [0.1, 0.15) is 11.6 Å². The van der Waals surface area contributed by atoms with Crippen molar-refractivity contribution in [3.8, 4) is 0 Å². The van der Waals surface area contributed by atoms with E-state index >= 15 is 0 Å². The molecule has 1 aromatic carbocycles. The molecule has 0 radical (unpaired) electrons. The van der Waals surface area contributed by atoms with E-state index in [1.807, 2.05) is 6.92 Å². The maximum Gasteiger partial charge on any atom is 0.338 e. The smallest absolute Gasteiger partial charge is 0.338 e. The van der Waals surface area contributed by atoms with Crippen LogP contribution in [0.4, 0.5) is 0 Å².